The van der Waals surface area contributed by atoms with Gasteiger partial charge in [0.25, 0.3) is 0 Å². The predicted molar refractivity (Wildman–Crippen MR) is 91.8 cm³/mol. The first-order chi connectivity index (χ1) is 11.9. The van der Waals surface area contributed by atoms with Gasteiger partial charge in [-0.3, -0.25) is 5.32 Å². The summed E-state index contributed by atoms with van der Waals surface area (Å²) < 4.78 is 10.3. The average molecular weight is 347 g/mol. The summed E-state index contributed by atoms with van der Waals surface area (Å²) in [5.74, 6) is -2.57. The lowest BCUT2D eigenvalue weighted by atomic mass is 9.79. The summed E-state index contributed by atoms with van der Waals surface area (Å²) in [6, 6.07) is 7.17. The molecular weight excluding hydrogens is 322 g/mol. The molecule has 25 heavy (non-hydrogen) atoms. The minimum atomic E-state index is -1.69. The molecule has 1 heterocycles. The maximum absolute atomic E-state index is 12.7. The third-order valence-corrected chi connectivity index (χ3v) is 4.82. The van der Waals surface area contributed by atoms with Crippen molar-refractivity contribution in [2.75, 3.05) is 13.2 Å². The van der Waals surface area contributed by atoms with E-state index in [1.807, 2.05) is 31.2 Å². The van der Waals surface area contributed by atoms with E-state index in [4.69, 9.17) is 9.47 Å². The molecule has 1 aromatic rings. The summed E-state index contributed by atoms with van der Waals surface area (Å²) >= 11 is 0. The molecule has 0 radical (unpaired) electrons. The summed E-state index contributed by atoms with van der Waals surface area (Å²) in [5, 5.41) is 3.08. The topological polar surface area (TPSA) is 81.7 Å². The van der Waals surface area contributed by atoms with Crippen LogP contribution in [0.1, 0.15) is 37.9 Å². The molecule has 0 amide bonds. The fourth-order valence-electron chi connectivity index (χ4n) is 3.39. The van der Waals surface area contributed by atoms with Crippen molar-refractivity contribution in [3.63, 3.8) is 0 Å². The molecule has 1 aromatic carbocycles. The number of nitrogens with one attached hydrogen (secondary N) is 1. The van der Waals surface area contributed by atoms with Crippen molar-refractivity contribution >= 4 is 18.2 Å². The minimum Gasteiger partial charge on any atom is -0.464 e. The van der Waals surface area contributed by atoms with Crippen LogP contribution < -0.4 is 5.32 Å². The van der Waals surface area contributed by atoms with Crippen molar-refractivity contribution in [2.24, 2.45) is 11.8 Å². The highest BCUT2D eigenvalue weighted by Crippen LogP contribution is 2.43. The number of carbonyl (C=O) groups excluding carboxylic acids is 3. The van der Waals surface area contributed by atoms with Gasteiger partial charge in [0.15, 0.2) is 0 Å². The standard InChI is InChI=1S/C19H25NO5/c1-5-24-17(22)19(18(23)25-6-2)13(4)15(11-21)16(20-19)14-9-7-12(3)8-10-14/h7-11,13,15-16,20H,5-6H2,1-4H3/t13-,15-,16-/m1/s1. The van der Waals surface area contributed by atoms with Gasteiger partial charge in [-0.1, -0.05) is 36.8 Å². The Morgan fingerprint density at radius 1 is 1.12 bits per heavy atom. The second kappa shape index (κ2) is 7.78. The number of hydrogen-bond donors (Lipinski definition) is 1. The number of aldehydes is 1. The highest BCUT2D eigenvalue weighted by Gasteiger charge is 2.62. The number of benzene rings is 1. The van der Waals surface area contributed by atoms with E-state index in [0.29, 0.717) is 0 Å². The third-order valence-electron chi connectivity index (χ3n) is 4.82. The molecule has 1 saturated heterocycles. The van der Waals surface area contributed by atoms with Crippen LogP contribution >= 0.6 is 0 Å². The van der Waals surface area contributed by atoms with Crippen molar-refractivity contribution in [1.82, 2.24) is 5.32 Å². The van der Waals surface area contributed by atoms with E-state index >= 15 is 0 Å². The Morgan fingerprint density at radius 3 is 2.08 bits per heavy atom. The number of aryl methyl sites for hydroxylation is 1. The monoisotopic (exact) mass is 347 g/mol. The molecule has 6 heteroatoms. The normalized spacial score (nSPS) is 24.6. The maximum atomic E-state index is 12.7. The van der Waals surface area contributed by atoms with Gasteiger partial charge in [-0.25, -0.2) is 9.59 Å². The molecule has 0 saturated carbocycles. The van der Waals surface area contributed by atoms with Crippen LogP contribution in [0.2, 0.25) is 0 Å². The zero-order valence-electron chi connectivity index (χ0n) is 15.1. The van der Waals surface area contributed by atoms with Crippen LogP contribution in [0.5, 0.6) is 0 Å². The molecule has 0 unspecified atom stereocenters. The van der Waals surface area contributed by atoms with Gasteiger partial charge >= 0.3 is 11.9 Å². The summed E-state index contributed by atoms with van der Waals surface area (Å²) in [6.07, 6.45) is 0.794. The van der Waals surface area contributed by atoms with Gasteiger partial charge < -0.3 is 14.3 Å². The quantitative estimate of drug-likeness (QED) is 0.481. The molecule has 136 valence electrons. The highest BCUT2D eigenvalue weighted by molar-refractivity contribution is 6.06. The van der Waals surface area contributed by atoms with Crippen molar-refractivity contribution in [2.45, 2.75) is 39.3 Å². The van der Waals surface area contributed by atoms with E-state index in [-0.39, 0.29) is 13.2 Å². The van der Waals surface area contributed by atoms with E-state index < -0.39 is 35.4 Å². The molecule has 0 spiro atoms. The first-order valence-corrected chi connectivity index (χ1v) is 8.56. The van der Waals surface area contributed by atoms with Gasteiger partial charge in [-0.15, -0.1) is 0 Å². The molecule has 1 aliphatic heterocycles. The van der Waals surface area contributed by atoms with E-state index in [0.717, 1.165) is 17.4 Å². The number of carbonyl (C=O) groups is 3. The Labute approximate surface area is 147 Å². The second-order valence-electron chi connectivity index (χ2n) is 6.28. The van der Waals surface area contributed by atoms with Gasteiger partial charge in [-0.05, 0) is 26.3 Å². The number of hydrogen-bond acceptors (Lipinski definition) is 6. The molecule has 0 aliphatic carbocycles. The summed E-state index contributed by atoms with van der Waals surface area (Å²) in [4.78, 5) is 37.1. The molecular formula is C19H25NO5. The Balaban J connectivity index is 2.49. The largest absolute Gasteiger partial charge is 0.464 e. The second-order valence-corrected chi connectivity index (χ2v) is 6.28. The van der Waals surface area contributed by atoms with Crippen molar-refractivity contribution in [1.29, 1.82) is 0 Å². The van der Waals surface area contributed by atoms with Gasteiger partial charge in [-0.2, -0.15) is 0 Å². The van der Waals surface area contributed by atoms with Crippen molar-refractivity contribution in [3.8, 4) is 0 Å². The first kappa shape index (κ1) is 19.1. The van der Waals surface area contributed by atoms with E-state index in [2.05, 4.69) is 5.32 Å². The van der Waals surface area contributed by atoms with E-state index in [1.165, 1.54) is 0 Å². The molecule has 0 bridgehead atoms. The third kappa shape index (κ3) is 3.31. The predicted octanol–water partition coefficient (Wildman–Crippen LogP) is 1.96. The lowest BCUT2D eigenvalue weighted by Gasteiger charge is -2.29. The van der Waals surface area contributed by atoms with Crippen LogP contribution in [0.3, 0.4) is 0 Å². The average Bonchev–Trinajstić information content (AvgIpc) is 2.89. The van der Waals surface area contributed by atoms with Crippen LogP contribution in [0.25, 0.3) is 0 Å². The fourth-order valence-corrected chi connectivity index (χ4v) is 3.39. The lowest BCUT2D eigenvalue weighted by Crippen LogP contribution is -2.60. The van der Waals surface area contributed by atoms with Gasteiger partial charge in [0, 0.05) is 17.9 Å². The fraction of sp³-hybridized carbons (Fsp3) is 0.526. The first-order valence-electron chi connectivity index (χ1n) is 8.56. The maximum Gasteiger partial charge on any atom is 0.338 e. The SMILES string of the molecule is CCOC(=O)C1(C(=O)OCC)N[C@H](c2ccc(C)cc2)[C@H](C=O)[C@H]1C. The molecule has 6 nitrogen and oxygen atoms in total. The summed E-state index contributed by atoms with van der Waals surface area (Å²) in [6.45, 7) is 7.28. The lowest BCUT2D eigenvalue weighted by molar-refractivity contribution is -0.168. The summed E-state index contributed by atoms with van der Waals surface area (Å²) in [5.41, 5.74) is 0.233. The van der Waals surface area contributed by atoms with Gasteiger partial charge in [0.1, 0.15) is 6.29 Å². The Morgan fingerprint density at radius 2 is 1.64 bits per heavy atom. The van der Waals surface area contributed by atoms with Crippen LogP contribution in [-0.2, 0) is 23.9 Å². The van der Waals surface area contributed by atoms with E-state index in [1.54, 1.807) is 20.8 Å². The Hall–Kier alpha value is -2.21. The Bertz CT molecular complexity index is 622. The molecule has 2 rings (SSSR count). The van der Waals surface area contributed by atoms with Gasteiger partial charge in [0.05, 0.1) is 13.2 Å². The minimum absolute atomic E-state index is 0.134. The molecule has 0 aromatic heterocycles. The number of esters is 2. The molecule has 1 aliphatic rings. The Kier molecular flexibility index (Phi) is 5.95. The molecule has 1 N–H and O–H groups in total. The molecule has 3 atom stereocenters. The number of ether oxygens (including phenoxy) is 2. The highest BCUT2D eigenvalue weighted by atomic mass is 16.6. The van der Waals surface area contributed by atoms with Crippen LogP contribution in [0.15, 0.2) is 24.3 Å². The van der Waals surface area contributed by atoms with Crippen LogP contribution in [0, 0.1) is 18.8 Å². The zero-order chi connectivity index (χ0) is 18.6. The van der Waals surface area contributed by atoms with Crippen molar-refractivity contribution < 1.29 is 23.9 Å². The number of rotatable bonds is 6. The summed E-state index contributed by atoms with van der Waals surface area (Å²) in [7, 11) is 0. The van der Waals surface area contributed by atoms with Crippen LogP contribution in [0.4, 0.5) is 0 Å². The van der Waals surface area contributed by atoms with Crippen molar-refractivity contribution in [3.05, 3.63) is 35.4 Å². The van der Waals surface area contributed by atoms with Crippen LogP contribution in [-0.4, -0.2) is 37.0 Å². The molecule has 1 fully saturated rings. The van der Waals surface area contributed by atoms with Gasteiger partial charge in [0.2, 0.25) is 5.54 Å². The van der Waals surface area contributed by atoms with E-state index in [9.17, 15) is 14.4 Å². The zero-order valence-corrected chi connectivity index (χ0v) is 15.1. The smallest absolute Gasteiger partial charge is 0.338 e.